The van der Waals surface area contributed by atoms with Gasteiger partial charge in [-0.15, -0.1) is 0 Å². The van der Waals surface area contributed by atoms with Crippen molar-refractivity contribution >= 4 is 11.9 Å². The molecule has 20 heavy (non-hydrogen) atoms. The van der Waals surface area contributed by atoms with Gasteiger partial charge in [-0.05, 0) is 41.8 Å². The van der Waals surface area contributed by atoms with Crippen LogP contribution >= 0.6 is 0 Å². The first kappa shape index (κ1) is 13.6. The van der Waals surface area contributed by atoms with Crippen LogP contribution in [0.3, 0.4) is 0 Å². The number of aromatic hydroxyl groups is 1. The lowest BCUT2D eigenvalue weighted by atomic mass is 9.97. The molecule has 0 aliphatic rings. The molecular weight excluding hydrogens is 260 g/mol. The summed E-state index contributed by atoms with van der Waals surface area (Å²) in [5.74, 6) is -2.20. The molecule has 3 N–H and O–H groups in total. The van der Waals surface area contributed by atoms with Gasteiger partial charge in [0.2, 0.25) is 0 Å². The number of aromatic carboxylic acids is 2. The smallest absolute Gasteiger partial charge is 0.336 e. The van der Waals surface area contributed by atoms with Crippen molar-refractivity contribution in [1.29, 1.82) is 0 Å². The van der Waals surface area contributed by atoms with Crippen molar-refractivity contribution in [3.8, 4) is 5.75 Å². The third-order valence-electron chi connectivity index (χ3n) is 2.92. The number of carboxylic acid groups (broad SMARTS) is 2. The molecule has 2 aromatic rings. The third-order valence-corrected chi connectivity index (χ3v) is 2.92. The van der Waals surface area contributed by atoms with E-state index in [-0.39, 0.29) is 16.9 Å². The Kier molecular flexibility index (Phi) is 3.70. The maximum atomic E-state index is 11.2. The Hall–Kier alpha value is -2.82. The Balaban J connectivity index is 2.38. The molecule has 0 spiro atoms. The Labute approximate surface area is 114 Å². The van der Waals surface area contributed by atoms with E-state index in [1.807, 2.05) is 0 Å². The van der Waals surface area contributed by atoms with Gasteiger partial charge in [-0.3, -0.25) is 0 Å². The van der Waals surface area contributed by atoms with Gasteiger partial charge in [0.25, 0.3) is 0 Å². The molecule has 0 saturated carbocycles. The highest BCUT2D eigenvalue weighted by Crippen LogP contribution is 2.18. The highest BCUT2D eigenvalue weighted by molar-refractivity contribution is 5.94. The predicted octanol–water partition coefficient (Wildman–Crippen LogP) is 2.38. The molecule has 0 atom stereocenters. The molecule has 0 radical (unpaired) electrons. The second-order valence-corrected chi connectivity index (χ2v) is 4.33. The molecule has 2 aromatic carbocycles. The summed E-state index contributed by atoms with van der Waals surface area (Å²) >= 11 is 0. The van der Waals surface area contributed by atoms with Crippen molar-refractivity contribution in [3.63, 3.8) is 0 Å². The van der Waals surface area contributed by atoms with Crippen LogP contribution in [0, 0.1) is 0 Å². The number of phenols is 1. The summed E-state index contributed by atoms with van der Waals surface area (Å²) < 4.78 is 0. The molecule has 0 amide bonds. The van der Waals surface area contributed by atoms with Gasteiger partial charge in [0, 0.05) is 0 Å². The summed E-state index contributed by atoms with van der Waals surface area (Å²) in [6, 6.07) is 10.4. The second-order valence-electron chi connectivity index (χ2n) is 4.33. The van der Waals surface area contributed by atoms with Crippen LogP contribution < -0.4 is 0 Å². The molecule has 0 heterocycles. The van der Waals surface area contributed by atoms with Gasteiger partial charge < -0.3 is 15.3 Å². The van der Waals surface area contributed by atoms with E-state index in [1.54, 1.807) is 12.1 Å². The van der Waals surface area contributed by atoms with Crippen LogP contribution in [0.25, 0.3) is 0 Å². The Morgan fingerprint density at radius 1 is 0.900 bits per heavy atom. The average molecular weight is 272 g/mol. The molecule has 5 heteroatoms. The first-order valence-electron chi connectivity index (χ1n) is 5.85. The van der Waals surface area contributed by atoms with Gasteiger partial charge in [0.15, 0.2) is 0 Å². The fourth-order valence-corrected chi connectivity index (χ4v) is 1.90. The summed E-state index contributed by atoms with van der Waals surface area (Å²) in [6.07, 6.45) is 0.349. The van der Waals surface area contributed by atoms with Crippen LogP contribution in [-0.4, -0.2) is 27.3 Å². The Bertz CT molecular complexity index is 658. The van der Waals surface area contributed by atoms with Crippen LogP contribution in [0.4, 0.5) is 0 Å². The molecule has 5 nitrogen and oxygen atoms in total. The van der Waals surface area contributed by atoms with E-state index < -0.39 is 11.9 Å². The molecule has 102 valence electrons. The van der Waals surface area contributed by atoms with E-state index in [2.05, 4.69) is 0 Å². The van der Waals surface area contributed by atoms with Crippen molar-refractivity contribution < 1.29 is 24.9 Å². The van der Waals surface area contributed by atoms with Crippen molar-refractivity contribution in [2.45, 2.75) is 6.42 Å². The zero-order chi connectivity index (χ0) is 14.7. The van der Waals surface area contributed by atoms with Crippen molar-refractivity contribution in [1.82, 2.24) is 0 Å². The topological polar surface area (TPSA) is 94.8 Å². The van der Waals surface area contributed by atoms with E-state index in [9.17, 15) is 14.7 Å². The number of carboxylic acids is 2. The standard InChI is InChI=1S/C15H12O5/c16-12-5-1-9(2-6-12)7-10-3-4-11(14(17)18)8-13(10)15(19)20/h1-6,8,16H,7H2,(H,17,18)(H,19,20). The summed E-state index contributed by atoms with van der Waals surface area (Å²) in [5, 5.41) is 27.2. The minimum Gasteiger partial charge on any atom is -0.508 e. The highest BCUT2D eigenvalue weighted by Gasteiger charge is 2.14. The van der Waals surface area contributed by atoms with Crippen LogP contribution in [-0.2, 0) is 6.42 Å². The van der Waals surface area contributed by atoms with Gasteiger partial charge >= 0.3 is 11.9 Å². The third kappa shape index (κ3) is 2.95. The van der Waals surface area contributed by atoms with Crippen LogP contribution in [0.5, 0.6) is 5.75 Å². The maximum absolute atomic E-state index is 11.2. The molecule has 0 aliphatic carbocycles. The lowest BCUT2D eigenvalue weighted by molar-refractivity contribution is 0.0695. The van der Waals surface area contributed by atoms with E-state index >= 15 is 0 Å². The normalized spacial score (nSPS) is 10.2. The van der Waals surface area contributed by atoms with Crippen molar-refractivity contribution in [2.75, 3.05) is 0 Å². The van der Waals surface area contributed by atoms with Gasteiger partial charge in [0.1, 0.15) is 5.75 Å². The maximum Gasteiger partial charge on any atom is 0.336 e. The van der Waals surface area contributed by atoms with Crippen LogP contribution in [0.15, 0.2) is 42.5 Å². The molecule has 0 aliphatic heterocycles. The summed E-state index contributed by atoms with van der Waals surface area (Å²) in [4.78, 5) is 22.1. The zero-order valence-electron chi connectivity index (χ0n) is 10.4. The first-order chi connectivity index (χ1) is 9.47. The van der Waals surface area contributed by atoms with Gasteiger partial charge in [0.05, 0.1) is 11.1 Å². The molecule has 0 unspecified atom stereocenters. The number of carbonyl (C=O) groups is 2. The van der Waals surface area contributed by atoms with Crippen LogP contribution in [0.2, 0.25) is 0 Å². The molecule has 0 bridgehead atoms. The summed E-state index contributed by atoms with van der Waals surface area (Å²) in [5.41, 5.74) is 1.26. The van der Waals surface area contributed by atoms with E-state index in [0.29, 0.717) is 12.0 Å². The minimum absolute atomic E-state index is 0.0297. The van der Waals surface area contributed by atoms with E-state index in [0.717, 1.165) is 11.6 Å². The van der Waals surface area contributed by atoms with Gasteiger partial charge in [-0.2, -0.15) is 0 Å². The molecule has 0 fully saturated rings. The second kappa shape index (κ2) is 5.44. The largest absolute Gasteiger partial charge is 0.508 e. The summed E-state index contributed by atoms with van der Waals surface area (Å²) in [7, 11) is 0. The molecule has 2 rings (SSSR count). The van der Waals surface area contributed by atoms with E-state index in [4.69, 9.17) is 10.2 Å². The average Bonchev–Trinajstić information content (AvgIpc) is 2.41. The number of phenolic OH excluding ortho intramolecular Hbond substituents is 1. The quantitative estimate of drug-likeness (QED) is 0.794. The fourth-order valence-electron chi connectivity index (χ4n) is 1.90. The number of hydrogen-bond donors (Lipinski definition) is 3. The van der Waals surface area contributed by atoms with Gasteiger partial charge in [-0.1, -0.05) is 18.2 Å². The lowest BCUT2D eigenvalue weighted by Gasteiger charge is -2.07. The summed E-state index contributed by atoms with van der Waals surface area (Å²) in [6.45, 7) is 0. The van der Waals surface area contributed by atoms with Crippen molar-refractivity contribution in [3.05, 3.63) is 64.7 Å². The number of benzene rings is 2. The molecular formula is C15H12O5. The fraction of sp³-hybridized carbons (Fsp3) is 0.0667. The Morgan fingerprint density at radius 2 is 1.55 bits per heavy atom. The van der Waals surface area contributed by atoms with E-state index in [1.165, 1.54) is 24.3 Å². The zero-order valence-corrected chi connectivity index (χ0v) is 10.4. The highest BCUT2D eigenvalue weighted by atomic mass is 16.4. The monoisotopic (exact) mass is 272 g/mol. The Morgan fingerprint density at radius 3 is 2.10 bits per heavy atom. The predicted molar refractivity (Wildman–Crippen MR) is 71.3 cm³/mol. The number of rotatable bonds is 4. The lowest BCUT2D eigenvalue weighted by Crippen LogP contribution is -2.06. The molecule has 0 aromatic heterocycles. The van der Waals surface area contributed by atoms with Gasteiger partial charge in [-0.25, -0.2) is 9.59 Å². The number of hydrogen-bond acceptors (Lipinski definition) is 3. The van der Waals surface area contributed by atoms with Crippen molar-refractivity contribution in [2.24, 2.45) is 0 Å². The SMILES string of the molecule is O=C(O)c1ccc(Cc2ccc(O)cc2)c(C(=O)O)c1. The first-order valence-corrected chi connectivity index (χ1v) is 5.85. The van der Waals surface area contributed by atoms with Crippen LogP contribution in [0.1, 0.15) is 31.8 Å². The minimum atomic E-state index is -1.16. The molecule has 0 saturated heterocycles.